The molecule has 5 rings (SSSR count). The van der Waals surface area contributed by atoms with Gasteiger partial charge in [0.15, 0.2) is 0 Å². The third-order valence-corrected chi connectivity index (χ3v) is 7.86. The van der Waals surface area contributed by atoms with Gasteiger partial charge < -0.3 is 19.5 Å². The molecule has 0 bridgehead atoms. The first kappa shape index (κ1) is 22.1. The molecule has 3 aliphatic rings. The molecule has 1 aliphatic carbocycles. The highest BCUT2D eigenvalue weighted by Gasteiger charge is 2.50. The van der Waals surface area contributed by atoms with Crippen molar-refractivity contribution in [3.63, 3.8) is 0 Å². The van der Waals surface area contributed by atoms with Crippen molar-refractivity contribution in [1.29, 1.82) is 0 Å². The lowest BCUT2D eigenvalue weighted by Gasteiger charge is -2.42. The Kier molecular flexibility index (Phi) is 5.55. The summed E-state index contributed by atoms with van der Waals surface area (Å²) < 4.78 is 2.17. The number of amides is 2. The number of imidazole rings is 1. The van der Waals surface area contributed by atoms with Crippen molar-refractivity contribution in [3.05, 3.63) is 53.6 Å². The van der Waals surface area contributed by atoms with Crippen LogP contribution in [0, 0.1) is 5.41 Å². The molecule has 1 saturated heterocycles. The normalized spacial score (nSPS) is 26.1. The Morgan fingerprint density at radius 3 is 2.39 bits per heavy atom. The quantitative estimate of drug-likeness (QED) is 0.760. The van der Waals surface area contributed by atoms with Gasteiger partial charge in [-0.1, -0.05) is 50.6 Å². The summed E-state index contributed by atoms with van der Waals surface area (Å²) in [6.07, 6.45) is 6.10. The number of carbonyl (C=O) groups is 2. The molecule has 2 atom stereocenters. The molecule has 2 fully saturated rings. The summed E-state index contributed by atoms with van der Waals surface area (Å²) in [7, 11) is 0. The largest absolute Gasteiger partial charge is 0.380 e. The van der Waals surface area contributed by atoms with E-state index >= 15 is 0 Å². The van der Waals surface area contributed by atoms with E-state index in [-0.39, 0.29) is 17.2 Å². The fourth-order valence-corrected chi connectivity index (χ4v) is 5.69. The van der Waals surface area contributed by atoms with Gasteiger partial charge in [-0.15, -0.1) is 0 Å². The lowest BCUT2D eigenvalue weighted by molar-refractivity contribution is -0.143. The highest BCUT2D eigenvalue weighted by atomic mass is 16.3. The predicted octanol–water partition coefficient (Wildman–Crippen LogP) is 2.84. The molecule has 2 aliphatic heterocycles. The number of carbonyl (C=O) groups excluding carboxylic acids is 2. The number of rotatable bonds is 5. The molecule has 2 aromatic rings. The van der Waals surface area contributed by atoms with E-state index < -0.39 is 5.60 Å². The minimum Gasteiger partial charge on any atom is -0.380 e. The molecule has 33 heavy (non-hydrogen) atoms. The van der Waals surface area contributed by atoms with Crippen LogP contribution in [0.3, 0.4) is 0 Å². The number of aliphatic hydroxyl groups is 1. The first-order valence-corrected chi connectivity index (χ1v) is 12.2. The summed E-state index contributed by atoms with van der Waals surface area (Å²) >= 11 is 0. The number of piperazine rings is 1. The first-order chi connectivity index (χ1) is 15.8. The van der Waals surface area contributed by atoms with Crippen LogP contribution in [0.4, 0.5) is 0 Å². The molecule has 1 saturated carbocycles. The fourth-order valence-electron chi connectivity index (χ4n) is 5.69. The zero-order valence-electron chi connectivity index (χ0n) is 19.7. The third-order valence-electron chi connectivity index (χ3n) is 7.86. The second-order valence-corrected chi connectivity index (χ2v) is 10.4. The van der Waals surface area contributed by atoms with Crippen molar-refractivity contribution >= 4 is 11.8 Å². The zero-order chi connectivity index (χ0) is 23.2. The summed E-state index contributed by atoms with van der Waals surface area (Å²) in [6.45, 7) is 7.30. The van der Waals surface area contributed by atoms with Crippen molar-refractivity contribution in [1.82, 2.24) is 19.4 Å². The number of nitrogens with zero attached hydrogens (tertiary/aromatic N) is 4. The topological polar surface area (TPSA) is 78.7 Å². The fraction of sp³-hybridized carbons (Fsp3) is 0.577. The number of aromatic nitrogens is 2. The Hall–Kier alpha value is -2.67. The van der Waals surface area contributed by atoms with E-state index in [0.29, 0.717) is 50.6 Å². The Morgan fingerprint density at radius 1 is 1.09 bits per heavy atom. The number of fused-ring (bicyclic) bond motifs is 1. The molecule has 2 unspecified atom stereocenters. The van der Waals surface area contributed by atoms with Gasteiger partial charge in [0, 0.05) is 51.3 Å². The van der Waals surface area contributed by atoms with Gasteiger partial charge in [-0.2, -0.15) is 0 Å². The van der Waals surface area contributed by atoms with E-state index in [9.17, 15) is 14.7 Å². The van der Waals surface area contributed by atoms with Crippen LogP contribution in [0.15, 0.2) is 36.5 Å². The van der Waals surface area contributed by atoms with Crippen LogP contribution in [-0.4, -0.2) is 68.1 Å². The first-order valence-electron chi connectivity index (χ1n) is 12.2. The van der Waals surface area contributed by atoms with Crippen LogP contribution in [0.5, 0.6) is 0 Å². The van der Waals surface area contributed by atoms with Gasteiger partial charge in [0.1, 0.15) is 17.1 Å². The van der Waals surface area contributed by atoms with Crippen LogP contribution in [-0.2, 0) is 17.8 Å². The summed E-state index contributed by atoms with van der Waals surface area (Å²) in [5.41, 5.74) is 0.805. The Bertz CT molecular complexity index is 1040. The second kappa shape index (κ2) is 8.28. The SMILES string of the molecule is CCCC1(C)Cc2nc(C(=O)N3CCN(C(=O)C4(O)CC4)CC3)cn2CC1c1ccccc1. The minimum absolute atomic E-state index is 0.0670. The smallest absolute Gasteiger partial charge is 0.274 e. The van der Waals surface area contributed by atoms with Crippen LogP contribution in [0.25, 0.3) is 0 Å². The standard InChI is InChI=1S/C26H34N4O3/c1-3-9-25(2)16-22-27-21(18-30(22)17-20(25)19-7-5-4-6-8-19)23(31)28-12-14-29(15-13-28)24(32)26(33)10-11-26/h4-8,18,20,33H,3,9-17H2,1-2H3. The van der Waals surface area contributed by atoms with Crippen LogP contribution in [0.2, 0.25) is 0 Å². The van der Waals surface area contributed by atoms with E-state index in [2.05, 4.69) is 48.7 Å². The molecule has 2 amide bonds. The number of hydrogen-bond donors (Lipinski definition) is 1. The molecular formula is C26H34N4O3. The van der Waals surface area contributed by atoms with Crippen molar-refractivity contribution in [3.8, 4) is 0 Å². The molecule has 1 aromatic carbocycles. The predicted molar refractivity (Wildman–Crippen MR) is 125 cm³/mol. The second-order valence-electron chi connectivity index (χ2n) is 10.4. The molecule has 1 aromatic heterocycles. The number of hydrogen-bond acceptors (Lipinski definition) is 4. The summed E-state index contributed by atoms with van der Waals surface area (Å²) in [4.78, 5) is 33.9. The Labute approximate surface area is 195 Å². The molecule has 1 N–H and O–H groups in total. The maximum Gasteiger partial charge on any atom is 0.274 e. The van der Waals surface area contributed by atoms with Gasteiger partial charge in [0.2, 0.25) is 0 Å². The maximum absolute atomic E-state index is 13.2. The summed E-state index contributed by atoms with van der Waals surface area (Å²) in [5.74, 6) is 1.12. The van der Waals surface area contributed by atoms with Gasteiger partial charge in [-0.25, -0.2) is 4.98 Å². The van der Waals surface area contributed by atoms with Crippen molar-refractivity contribution in [2.75, 3.05) is 26.2 Å². The summed E-state index contributed by atoms with van der Waals surface area (Å²) in [5, 5.41) is 10.1. The van der Waals surface area contributed by atoms with E-state index in [0.717, 1.165) is 31.6 Å². The highest BCUT2D eigenvalue weighted by molar-refractivity contribution is 5.93. The van der Waals surface area contributed by atoms with E-state index in [1.165, 1.54) is 5.56 Å². The molecule has 3 heterocycles. The lowest BCUT2D eigenvalue weighted by Crippen LogP contribution is -2.53. The third kappa shape index (κ3) is 4.07. The van der Waals surface area contributed by atoms with Crippen LogP contribution >= 0.6 is 0 Å². The molecule has 0 spiro atoms. The average Bonchev–Trinajstić information content (AvgIpc) is 3.45. The van der Waals surface area contributed by atoms with Crippen molar-refractivity contribution < 1.29 is 14.7 Å². The van der Waals surface area contributed by atoms with E-state index in [1.54, 1.807) is 9.80 Å². The Balaban J connectivity index is 1.31. The monoisotopic (exact) mass is 450 g/mol. The molecule has 0 radical (unpaired) electrons. The van der Waals surface area contributed by atoms with Gasteiger partial charge in [0.25, 0.3) is 11.8 Å². The molecule has 7 nitrogen and oxygen atoms in total. The van der Waals surface area contributed by atoms with Crippen LogP contribution in [0.1, 0.15) is 67.3 Å². The van der Waals surface area contributed by atoms with Gasteiger partial charge >= 0.3 is 0 Å². The van der Waals surface area contributed by atoms with E-state index in [4.69, 9.17) is 4.98 Å². The van der Waals surface area contributed by atoms with Gasteiger partial charge in [-0.3, -0.25) is 9.59 Å². The Morgan fingerprint density at radius 2 is 1.76 bits per heavy atom. The van der Waals surface area contributed by atoms with Gasteiger partial charge in [0.05, 0.1) is 0 Å². The van der Waals surface area contributed by atoms with Crippen molar-refractivity contribution in [2.45, 2.75) is 64.0 Å². The van der Waals surface area contributed by atoms with Gasteiger partial charge in [-0.05, 0) is 30.2 Å². The van der Waals surface area contributed by atoms with Crippen LogP contribution < -0.4 is 0 Å². The maximum atomic E-state index is 13.2. The van der Waals surface area contributed by atoms with Crippen molar-refractivity contribution in [2.24, 2.45) is 5.41 Å². The summed E-state index contributed by atoms with van der Waals surface area (Å²) in [6, 6.07) is 10.7. The average molecular weight is 451 g/mol. The van der Waals surface area contributed by atoms with E-state index in [1.807, 2.05) is 6.20 Å². The molecule has 176 valence electrons. The molecule has 7 heteroatoms. The minimum atomic E-state index is -1.14. The zero-order valence-corrected chi connectivity index (χ0v) is 19.7. The molecular weight excluding hydrogens is 416 g/mol. The lowest BCUT2D eigenvalue weighted by atomic mass is 9.67. The number of benzene rings is 1. The highest BCUT2D eigenvalue weighted by Crippen LogP contribution is 2.46.